The van der Waals surface area contributed by atoms with E-state index in [2.05, 4.69) is 10.1 Å². The minimum atomic E-state index is -2.99. The molecule has 3 aromatic rings. The van der Waals surface area contributed by atoms with Gasteiger partial charge in [-0.2, -0.15) is 8.78 Å². The molecule has 9 heteroatoms. The lowest BCUT2D eigenvalue weighted by Crippen LogP contribution is -2.42. The summed E-state index contributed by atoms with van der Waals surface area (Å²) in [5.74, 6) is 0.127. The molecule has 1 aliphatic rings. The van der Waals surface area contributed by atoms with Crippen molar-refractivity contribution in [2.24, 2.45) is 0 Å². The van der Waals surface area contributed by atoms with Crippen LogP contribution in [0, 0.1) is 0 Å². The van der Waals surface area contributed by atoms with E-state index in [0.29, 0.717) is 40.4 Å². The van der Waals surface area contributed by atoms with Crippen molar-refractivity contribution in [3.8, 4) is 22.6 Å². The number of ether oxygens (including phenoxy) is 2. The molecule has 1 fully saturated rings. The third-order valence-corrected chi connectivity index (χ3v) is 6.27. The summed E-state index contributed by atoms with van der Waals surface area (Å²) < 4.78 is 35.7. The molecule has 2 heterocycles. The van der Waals surface area contributed by atoms with Gasteiger partial charge in [0, 0.05) is 17.8 Å². The number of alkyl halides is 2. The minimum absolute atomic E-state index is 0.0106. The van der Waals surface area contributed by atoms with Crippen LogP contribution in [0.2, 0.25) is 0 Å². The lowest BCUT2D eigenvalue weighted by Gasteiger charge is -2.23. The van der Waals surface area contributed by atoms with Crippen LogP contribution in [0.5, 0.6) is 11.5 Å². The number of hydrogen-bond donors (Lipinski definition) is 1. The summed E-state index contributed by atoms with van der Waals surface area (Å²) in [4.78, 5) is 28.0. The zero-order valence-corrected chi connectivity index (χ0v) is 18.6. The van der Waals surface area contributed by atoms with E-state index in [1.54, 1.807) is 47.4 Å². The molecule has 0 spiro atoms. The van der Waals surface area contributed by atoms with E-state index in [4.69, 9.17) is 4.74 Å². The van der Waals surface area contributed by atoms with Gasteiger partial charge in [0.05, 0.1) is 12.0 Å². The molecule has 172 valence electrons. The average molecular weight is 473 g/mol. The van der Waals surface area contributed by atoms with Gasteiger partial charge in [0.2, 0.25) is 5.91 Å². The van der Waals surface area contributed by atoms with Gasteiger partial charge >= 0.3 is 6.61 Å². The van der Waals surface area contributed by atoms with E-state index in [0.717, 1.165) is 6.42 Å². The number of anilines is 1. The van der Waals surface area contributed by atoms with Crippen molar-refractivity contribution in [3.63, 3.8) is 0 Å². The molecule has 33 heavy (non-hydrogen) atoms. The number of nitrogens with one attached hydrogen (secondary N) is 1. The summed E-state index contributed by atoms with van der Waals surface area (Å²) in [5.41, 5.74) is 1.44. The summed E-state index contributed by atoms with van der Waals surface area (Å²) in [6.07, 6.45) is 1.29. The lowest BCUT2D eigenvalue weighted by atomic mass is 10.0. The first-order valence-corrected chi connectivity index (χ1v) is 11.2. The first-order chi connectivity index (χ1) is 16.0. The molecule has 1 atom stereocenters. The molecule has 0 saturated carbocycles. The fourth-order valence-corrected chi connectivity index (χ4v) is 4.53. The molecule has 0 unspecified atom stereocenters. The Morgan fingerprint density at radius 3 is 2.61 bits per heavy atom. The Labute approximate surface area is 193 Å². The minimum Gasteiger partial charge on any atom is -0.497 e. The van der Waals surface area contributed by atoms with Gasteiger partial charge in [-0.25, -0.2) is 0 Å². The van der Waals surface area contributed by atoms with Gasteiger partial charge in [0.15, 0.2) is 0 Å². The number of amides is 2. The number of likely N-dealkylation sites (tertiary alicyclic amines) is 1. The monoisotopic (exact) mass is 472 g/mol. The molecule has 6 nitrogen and oxygen atoms in total. The zero-order valence-electron chi connectivity index (χ0n) is 17.8. The van der Waals surface area contributed by atoms with E-state index < -0.39 is 12.7 Å². The molecule has 0 radical (unpaired) electrons. The van der Waals surface area contributed by atoms with Crippen molar-refractivity contribution in [2.75, 3.05) is 19.0 Å². The van der Waals surface area contributed by atoms with Crippen molar-refractivity contribution in [3.05, 3.63) is 64.9 Å². The molecule has 2 amide bonds. The number of methoxy groups -OCH3 is 1. The standard InChI is InChI=1S/C24H22F2N2O4S/c1-31-17-9-6-15(7-10-17)18-14-16(8-11-20(18)32-24(25)26)27-22(29)19-4-2-12-28(19)23(30)21-5-3-13-33-21/h3,5-11,13-14,19,24H,2,4,12H2,1H3,(H,27,29)/t19-/m0/s1. The fourth-order valence-electron chi connectivity index (χ4n) is 3.85. The van der Waals surface area contributed by atoms with Gasteiger partial charge in [0.25, 0.3) is 5.91 Å². The molecule has 0 bridgehead atoms. The number of benzene rings is 2. The number of carbonyl (C=O) groups excluding carboxylic acids is 2. The number of rotatable bonds is 7. The summed E-state index contributed by atoms with van der Waals surface area (Å²) in [6.45, 7) is -2.48. The number of halogens is 2. The van der Waals surface area contributed by atoms with Crippen molar-refractivity contribution in [2.45, 2.75) is 25.5 Å². The smallest absolute Gasteiger partial charge is 0.387 e. The van der Waals surface area contributed by atoms with Crippen LogP contribution in [0.1, 0.15) is 22.5 Å². The van der Waals surface area contributed by atoms with Gasteiger partial charge in [-0.3, -0.25) is 9.59 Å². The van der Waals surface area contributed by atoms with E-state index in [9.17, 15) is 18.4 Å². The zero-order chi connectivity index (χ0) is 23.4. The predicted molar refractivity (Wildman–Crippen MR) is 122 cm³/mol. The molecule has 0 aliphatic carbocycles. The van der Waals surface area contributed by atoms with Crippen LogP contribution in [-0.2, 0) is 4.79 Å². The number of carbonyl (C=O) groups is 2. The van der Waals surface area contributed by atoms with Gasteiger partial charge < -0.3 is 19.7 Å². The van der Waals surface area contributed by atoms with Gasteiger partial charge in [0.1, 0.15) is 17.5 Å². The normalized spacial score (nSPS) is 15.5. The van der Waals surface area contributed by atoms with Gasteiger partial charge in [-0.15, -0.1) is 11.3 Å². The molecular weight excluding hydrogens is 450 g/mol. The van der Waals surface area contributed by atoms with E-state index in [1.807, 2.05) is 5.38 Å². The highest BCUT2D eigenvalue weighted by molar-refractivity contribution is 7.12. The number of nitrogens with zero attached hydrogens (tertiary/aromatic N) is 1. The highest BCUT2D eigenvalue weighted by Crippen LogP contribution is 2.35. The first-order valence-electron chi connectivity index (χ1n) is 10.3. The van der Waals surface area contributed by atoms with Crippen molar-refractivity contribution in [1.82, 2.24) is 4.90 Å². The Balaban J connectivity index is 1.57. The maximum atomic E-state index is 13.0. The Bertz CT molecular complexity index is 1120. The number of thiophene rings is 1. The largest absolute Gasteiger partial charge is 0.497 e. The fraction of sp³-hybridized carbons (Fsp3) is 0.250. The maximum absolute atomic E-state index is 13.0. The lowest BCUT2D eigenvalue weighted by molar-refractivity contribution is -0.119. The van der Waals surface area contributed by atoms with E-state index >= 15 is 0 Å². The molecule has 2 aromatic carbocycles. The Hall–Kier alpha value is -3.46. The van der Waals surface area contributed by atoms with Gasteiger partial charge in [-0.1, -0.05) is 18.2 Å². The summed E-state index contributed by atoms with van der Waals surface area (Å²) in [5, 5.41) is 4.65. The highest BCUT2D eigenvalue weighted by atomic mass is 32.1. The third-order valence-electron chi connectivity index (χ3n) is 5.41. The average Bonchev–Trinajstić information content (AvgIpc) is 3.52. The highest BCUT2D eigenvalue weighted by Gasteiger charge is 2.35. The SMILES string of the molecule is COc1ccc(-c2cc(NC(=O)[C@@H]3CCCN3C(=O)c3cccs3)ccc2OC(F)F)cc1. The molecule has 1 N–H and O–H groups in total. The summed E-state index contributed by atoms with van der Waals surface area (Å²) >= 11 is 1.34. The van der Waals surface area contributed by atoms with Crippen LogP contribution in [0.15, 0.2) is 60.0 Å². The molecule has 1 saturated heterocycles. The van der Waals surface area contributed by atoms with Gasteiger partial charge in [-0.05, 0) is 60.2 Å². The maximum Gasteiger partial charge on any atom is 0.387 e. The van der Waals surface area contributed by atoms with Crippen molar-refractivity contribution >= 4 is 28.8 Å². The van der Waals surface area contributed by atoms with Crippen LogP contribution >= 0.6 is 11.3 Å². The molecule has 4 rings (SSSR count). The Kier molecular flexibility index (Phi) is 6.88. The summed E-state index contributed by atoms with van der Waals surface area (Å²) in [7, 11) is 1.53. The second-order valence-electron chi connectivity index (χ2n) is 7.44. The quantitative estimate of drug-likeness (QED) is 0.509. The van der Waals surface area contributed by atoms with Crippen LogP contribution in [0.25, 0.3) is 11.1 Å². The van der Waals surface area contributed by atoms with Crippen LogP contribution in [0.3, 0.4) is 0 Å². The molecule has 1 aromatic heterocycles. The third kappa shape index (κ3) is 5.14. The topological polar surface area (TPSA) is 67.9 Å². The molecular formula is C24H22F2N2O4S. The number of hydrogen-bond acceptors (Lipinski definition) is 5. The van der Waals surface area contributed by atoms with E-state index in [-0.39, 0.29) is 17.6 Å². The Morgan fingerprint density at radius 1 is 1.15 bits per heavy atom. The van der Waals surface area contributed by atoms with E-state index in [1.165, 1.54) is 30.6 Å². The second kappa shape index (κ2) is 9.99. The Morgan fingerprint density at radius 2 is 1.94 bits per heavy atom. The second-order valence-corrected chi connectivity index (χ2v) is 8.39. The predicted octanol–water partition coefficient (Wildman–Crippen LogP) is 5.27. The van der Waals surface area contributed by atoms with Crippen LogP contribution < -0.4 is 14.8 Å². The summed E-state index contributed by atoms with van der Waals surface area (Å²) in [6, 6.07) is 14.3. The van der Waals surface area contributed by atoms with Crippen molar-refractivity contribution < 1.29 is 27.8 Å². The van der Waals surface area contributed by atoms with Crippen LogP contribution in [0.4, 0.5) is 14.5 Å². The van der Waals surface area contributed by atoms with Crippen LogP contribution in [-0.4, -0.2) is 43.0 Å². The van der Waals surface area contributed by atoms with Crippen molar-refractivity contribution in [1.29, 1.82) is 0 Å². The molecule has 1 aliphatic heterocycles. The first kappa shape index (κ1) is 22.7.